The fourth-order valence-corrected chi connectivity index (χ4v) is 5.97. The smallest absolute Gasteiger partial charge is 0.238 e. The zero-order chi connectivity index (χ0) is 25.5. The van der Waals surface area contributed by atoms with Crippen molar-refractivity contribution in [3.05, 3.63) is 35.9 Å². The SMILES string of the molecule is CCCS(=O)(=O)N(CC(=O)N(Cc1ccccc1)C1CCN(C(=O)C(C)(C)C)CC1)CC(C)C. The predicted molar refractivity (Wildman–Crippen MR) is 137 cm³/mol. The van der Waals surface area contributed by atoms with Crippen LogP contribution in [0, 0.1) is 11.3 Å². The van der Waals surface area contributed by atoms with Crippen molar-refractivity contribution in [3.63, 3.8) is 0 Å². The van der Waals surface area contributed by atoms with Crippen molar-refractivity contribution >= 4 is 21.8 Å². The molecule has 1 aliphatic heterocycles. The molecule has 0 bridgehead atoms. The molecule has 0 aromatic heterocycles. The first-order valence-electron chi connectivity index (χ1n) is 12.5. The summed E-state index contributed by atoms with van der Waals surface area (Å²) in [5, 5.41) is 0. The van der Waals surface area contributed by atoms with Crippen molar-refractivity contribution in [2.75, 3.05) is 31.9 Å². The highest BCUT2D eigenvalue weighted by Crippen LogP contribution is 2.24. The number of piperidine rings is 1. The number of nitrogens with zero attached hydrogens (tertiary/aromatic N) is 3. The van der Waals surface area contributed by atoms with E-state index in [0.29, 0.717) is 45.4 Å². The van der Waals surface area contributed by atoms with Crippen LogP contribution in [0.1, 0.15) is 66.4 Å². The Kier molecular flexibility index (Phi) is 10.1. The number of hydrogen-bond acceptors (Lipinski definition) is 4. The second-order valence-corrected chi connectivity index (χ2v) is 12.9. The zero-order valence-corrected chi connectivity index (χ0v) is 22.6. The normalized spacial score (nSPS) is 15.7. The molecule has 0 aliphatic carbocycles. The first-order chi connectivity index (χ1) is 15.8. The second kappa shape index (κ2) is 12.2. The Balaban J connectivity index is 2.23. The summed E-state index contributed by atoms with van der Waals surface area (Å²) in [4.78, 5) is 30.0. The summed E-state index contributed by atoms with van der Waals surface area (Å²) in [6, 6.07) is 9.76. The van der Waals surface area contributed by atoms with Crippen LogP contribution in [0.3, 0.4) is 0 Å². The van der Waals surface area contributed by atoms with Crippen LogP contribution in [0.2, 0.25) is 0 Å². The molecule has 0 unspecified atom stereocenters. The Labute approximate surface area is 206 Å². The fraction of sp³-hybridized carbons (Fsp3) is 0.692. The number of rotatable bonds is 10. The molecule has 1 aliphatic rings. The highest BCUT2D eigenvalue weighted by atomic mass is 32.2. The minimum Gasteiger partial charge on any atom is -0.342 e. The molecule has 0 N–H and O–H groups in total. The lowest BCUT2D eigenvalue weighted by Crippen LogP contribution is -2.53. The molecule has 1 fully saturated rings. The fourth-order valence-electron chi connectivity index (χ4n) is 4.37. The van der Waals surface area contributed by atoms with E-state index in [1.54, 1.807) is 0 Å². The first-order valence-corrected chi connectivity index (χ1v) is 14.1. The van der Waals surface area contributed by atoms with Crippen molar-refractivity contribution in [2.45, 2.75) is 73.4 Å². The van der Waals surface area contributed by atoms with Gasteiger partial charge in [-0.15, -0.1) is 0 Å². The van der Waals surface area contributed by atoms with E-state index < -0.39 is 15.4 Å². The maximum Gasteiger partial charge on any atom is 0.238 e. The molecular weight excluding hydrogens is 450 g/mol. The van der Waals surface area contributed by atoms with Gasteiger partial charge in [-0.05, 0) is 30.7 Å². The molecular formula is C26H43N3O4S. The van der Waals surface area contributed by atoms with Crippen LogP contribution in [-0.4, -0.2) is 72.3 Å². The van der Waals surface area contributed by atoms with Gasteiger partial charge in [0.25, 0.3) is 0 Å². The van der Waals surface area contributed by atoms with Gasteiger partial charge < -0.3 is 9.80 Å². The molecule has 1 saturated heterocycles. The number of sulfonamides is 1. The van der Waals surface area contributed by atoms with Gasteiger partial charge in [-0.1, -0.05) is 71.9 Å². The van der Waals surface area contributed by atoms with Crippen LogP contribution in [-0.2, 0) is 26.2 Å². The van der Waals surface area contributed by atoms with Crippen LogP contribution in [0.5, 0.6) is 0 Å². The monoisotopic (exact) mass is 493 g/mol. The maximum absolute atomic E-state index is 13.6. The number of carbonyl (C=O) groups excluding carboxylic acids is 2. The molecule has 1 aromatic carbocycles. The lowest BCUT2D eigenvalue weighted by atomic mass is 9.92. The average Bonchev–Trinajstić information content (AvgIpc) is 2.76. The van der Waals surface area contributed by atoms with Crippen molar-refractivity contribution in [1.82, 2.24) is 14.1 Å². The first kappa shape index (κ1) is 28.3. The van der Waals surface area contributed by atoms with Gasteiger partial charge in [-0.25, -0.2) is 8.42 Å². The quantitative estimate of drug-likeness (QED) is 0.497. The summed E-state index contributed by atoms with van der Waals surface area (Å²) in [7, 11) is -3.50. The number of likely N-dealkylation sites (tertiary alicyclic amines) is 1. The molecule has 2 amide bonds. The second-order valence-electron chi connectivity index (χ2n) is 10.8. The third-order valence-corrected chi connectivity index (χ3v) is 8.08. The maximum atomic E-state index is 13.6. The summed E-state index contributed by atoms with van der Waals surface area (Å²) < 4.78 is 27.1. The summed E-state index contributed by atoms with van der Waals surface area (Å²) in [5.74, 6) is 0.109. The molecule has 0 spiro atoms. The summed E-state index contributed by atoms with van der Waals surface area (Å²) >= 11 is 0. The Morgan fingerprint density at radius 2 is 1.68 bits per heavy atom. The van der Waals surface area contributed by atoms with Crippen molar-refractivity contribution in [3.8, 4) is 0 Å². The summed E-state index contributed by atoms with van der Waals surface area (Å²) in [6.07, 6.45) is 1.89. The Morgan fingerprint density at radius 3 is 2.18 bits per heavy atom. The van der Waals surface area contributed by atoms with Crippen LogP contribution in [0.15, 0.2) is 30.3 Å². The van der Waals surface area contributed by atoms with Gasteiger partial charge in [-0.3, -0.25) is 9.59 Å². The van der Waals surface area contributed by atoms with Gasteiger partial charge in [0.05, 0.1) is 12.3 Å². The van der Waals surface area contributed by atoms with E-state index in [1.165, 1.54) is 4.31 Å². The number of benzene rings is 1. The van der Waals surface area contributed by atoms with Gasteiger partial charge >= 0.3 is 0 Å². The highest BCUT2D eigenvalue weighted by Gasteiger charge is 2.35. The van der Waals surface area contributed by atoms with Crippen LogP contribution < -0.4 is 0 Å². The molecule has 34 heavy (non-hydrogen) atoms. The number of amides is 2. The van der Waals surface area contributed by atoms with E-state index in [4.69, 9.17) is 0 Å². The Morgan fingerprint density at radius 1 is 1.09 bits per heavy atom. The Hall–Kier alpha value is -1.93. The molecule has 192 valence electrons. The van der Waals surface area contributed by atoms with Gasteiger partial charge in [0.2, 0.25) is 21.8 Å². The molecule has 2 rings (SSSR count). The van der Waals surface area contributed by atoms with E-state index in [9.17, 15) is 18.0 Å². The number of hydrogen-bond donors (Lipinski definition) is 0. The molecule has 8 heteroatoms. The lowest BCUT2D eigenvalue weighted by molar-refractivity contribution is -0.142. The molecule has 1 aromatic rings. The predicted octanol–water partition coefficient (Wildman–Crippen LogP) is 3.75. The molecule has 0 atom stereocenters. The minimum absolute atomic E-state index is 0.0356. The summed E-state index contributed by atoms with van der Waals surface area (Å²) in [6.45, 7) is 13.3. The van der Waals surface area contributed by atoms with Gasteiger partial charge in [0.1, 0.15) is 0 Å². The van der Waals surface area contributed by atoms with Gasteiger partial charge in [0.15, 0.2) is 0 Å². The topological polar surface area (TPSA) is 78.0 Å². The van der Waals surface area contributed by atoms with E-state index >= 15 is 0 Å². The van der Waals surface area contributed by atoms with E-state index in [2.05, 4.69) is 0 Å². The van der Waals surface area contributed by atoms with E-state index in [-0.39, 0.29) is 36.1 Å². The van der Waals surface area contributed by atoms with Crippen molar-refractivity contribution < 1.29 is 18.0 Å². The molecule has 7 nitrogen and oxygen atoms in total. The van der Waals surface area contributed by atoms with Crippen LogP contribution >= 0.6 is 0 Å². The molecule has 0 saturated carbocycles. The molecule has 1 heterocycles. The average molecular weight is 494 g/mol. The van der Waals surface area contributed by atoms with Crippen LogP contribution in [0.4, 0.5) is 0 Å². The summed E-state index contributed by atoms with van der Waals surface area (Å²) in [5.41, 5.74) is 0.577. The van der Waals surface area contributed by atoms with Gasteiger partial charge in [0, 0.05) is 37.6 Å². The van der Waals surface area contributed by atoms with Gasteiger partial charge in [-0.2, -0.15) is 4.31 Å². The van der Waals surface area contributed by atoms with Crippen molar-refractivity contribution in [2.24, 2.45) is 11.3 Å². The third-order valence-electron chi connectivity index (χ3n) is 6.09. The number of carbonyl (C=O) groups is 2. The van der Waals surface area contributed by atoms with Crippen LogP contribution in [0.25, 0.3) is 0 Å². The van der Waals surface area contributed by atoms with E-state index in [0.717, 1.165) is 5.56 Å². The van der Waals surface area contributed by atoms with E-state index in [1.807, 2.05) is 81.7 Å². The highest BCUT2D eigenvalue weighted by molar-refractivity contribution is 7.89. The Bertz CT molecular complexity index is 902. The van der Waals surface area contributed by atoms with Crippen molar-refractivity contribution in [1.29, 1.82) is 0 Å². The standard InChI is InChI=1S/C26H43N3O4S/c1-7-17-34(32,33)28(18-21(2)3)20-24(30)29(19-22-11-9-8-10-12-22)23-13-15-27(16-14-23)25(31)26(4,5)6/h8-12,21,23H,7,13-20H2,1-6H3. The largest absolute Gasteiger partial charge is 0.342 e. The zero-order valence-electron chi connectivity index (χ0n) is 21.8. The minimum atomic E-state index is -3.50. The lowest BCUT2D eigenvalue weighted by Gasteiger charge is -2.41. The molecule has 0 radical (unpaired) electrons. The third kappa shape index (κ3) is 8.08.